The number of carbonyl (C=O) groups is 1. The SMILES string of the molecule is CCC(C)c1ccccc1NC(=O)c1cn2ccc(C)cc2n1. The number of nitrogens with zero attached hydrogens (tertiary/aromatic N) is 2. The van der Waals surface area contributed by atoms with E-state index in [4.69, 9.17) is 0 Å². The van der Waals surface area contributed by atoms with Crippen LogP contribution in [0.2, 0.25) is 0 Å². The van der Waals surface area contributed by atoms with Crippen LogP contribution < -0.4 is 5.32 Å². The molecule has 0 fully saturated rings. The number of rotatable bonds is 4. The van der Waals surface area contributed by atoms with Crippen LogP contribution in [0.1, 0.15) is 47.8 Å². The van der Waals surface area contributed by atoms with Crippen molar-refractivity contribution in [1.82, 2.24) is 9.38 Å². The Morgan fingerprint density at radius 3 is 2.87 bits per heavy atom. The molecule has 118 valence electrons. The Balaban J connectivity index is 1.89. The monoisotopic (exact) mass is 307 g/mol. The molecule has 0 saturated heterocycles. The van der Waals surface area contributed by atoms with Gasteiger partial charge in [-0.15, -0.1) is 0 Å². The summed E-state index contributed by atoms with van der Waals surface area (Å²) in [5.41, 5.74) is 4.35. The van der Waals surface area contributed by atoms with E-state index in [2.05, 4.69) is 30.2 Å². The first-order valence-electron chi connectivity index (χ1n) is 7.94. The summed E-state index contributed by atoms with van der Waals surface area (Å²) in [4.78, 5) is 17.0. The molecule has 0 aliphatic heterocycles. The first-order chi connectivity index (χ1) is 11.1. The normalized spacial score (nSPS) is 12.3. The number of amides is 1. The van der Waals surface area contributed by atoms with E-state index in [1.165, 1.54) is 0 Å². The Labute approximate surface area is 136 Å². The molecule has 4 nitrogen and oxygen atoms in total. The number of para-hydroxylation sites is 1. The number of benzene rings is 1. The predicted octanol–water partition coefficient (Wildman–Crippen LogP) is 4.41. The third-order valence-electron chi connectivity index (χ3n) is 4.20. The first-order valence-corrected chi connectivity index (χ1v) is 7.94. The second-order valence-corrected chi connectivity index (χ2v) is 5.95. The Morgan fingerprint density at radius 1 is 1.30 bits per heavy atom. The Bertz CT molecular complexity index is 851. The van der Waals surface area contributed by atoms with Gasteiger partial charge in [-0.2, -0.15) is 0 Å². The highest BCUT2D eigenvalue weighted by atomic mass is 16.1. The number of fused-ring (bicyclic) bond motifs is 1. The van der Waals surface area contributed by atoms with Gasteiger partial charge in [0.1, 0.15) is 11.3 Å². The van der Waals surface area contributed by atoms with Gasteiger partial charge in [0.25, 0.3) is 5.91 Å². The van der Waals surface area contributed by atoms with Crippen molar-refractivity contribution in [3.63, 3.8) is 0 Å². The Morgan fingerprint density at radius 2 is 2.09 bits per heavy atom. The third-order valence-corrected chi connectivity index (χ3v) is 4.20. The standard InChI is InChI=1S/C19H21N3O/c1-4-14(3)15-7-5-6-8-16(15)21-19(23)17-12-22-10-9-13(2)11-18(22)20-17/h5-12,14H,4H2,1-3H3,(H,21,23). The minimum Gasteiger partial charge on any atom is -0.320 e. The number of anilines is 1. The molecule has 0 saturated carbocycles. The molecule has 1 atom stereocenters. The van der Waals surface area contributed by atoms with Crippen LogP contribution in [-0.2, 0) is 0 Å². The zero-order valence-corrected chi connectivity index (χ0v) is 13.7. The zero-order valence-electron chi connectivity index (χ0n) is 13.7. The molecule has 0 aliphatic carbocycles. The molecule has 1 N–H and O–H groups in total. The molecule has 2 heterocycles. The summed E-state index contributed by atoms with van der Waals surface area (Å²) in [5, 5.41) is 3.00. The molecule has 0 spiro atoms. The molecule has 23 heavy (non-hydrogen) atoms. The molecule has 0 aliphatic rings. The molecule has 1 unspecified atom stereocenters. The van der Waals surface area contributed by atoms with E-state index in [9.17, 15) is 4.79 Å². The predicted molar refractivity (Wildman–Crippen MR) is 93.0 cm³/mol. The van der Waals surface area contributed by atoms with E-state index in [0.29, 0.717) is 11.6 Å². The topological polar surface area (TPSA) is 46.4 Å². The number of pyridine rings is 1. The number of imidazole rings is 1. The van der Waals surface area contributed by atoms with Gasteiger partial charge >= 0.3 is 0 Å². The van der Waals surface area contributed by atoms with E-state index in [1.807, 2.05) is 47.9 Å². The number of hydrogen-bond acceptors (Lipinski definition) is 2. The number of aryl methyl sites for hydroxylation is 1. The second kappa shape index (κ2) is 6.24. The second-order valence-electron chi connectivity index (χ2n) is 5.95. The van der Waals surface area contributed by atoms with Crippen LogP contribution in [-0.4, -0.2) is 15.3 Å². The van der Waals surface area contributed by atoms with Crippen molar-refractivity contribution < 1.29 is 4.79 Å². The molecule has 3 aromatic rings. The van der Waals surface area contributed by atoms with Crippen LogP contribution in [0.5, 0.6) is 0 Å². The molecule has 2 aromatic heterocycles. The van der Waals surface area contributed by atoms with Gasteiger partial charge in [0, 0.05) is 18.1 Å². The summed E-state index contributed by atoms with van der Waals surface area (Å²) in [6, 6.07) is 11.9. The van der Waals surface area contributed by atoms with E-state index < -0.39 is 0 Å². The van der Waals surface area contributed by atoms with Crippen LogP contribution in [0.15, 0.2) is 48.8 Å². The minimum atomic E-state index is -0.179. The van der Waals surface area contributed by atoms with Gasteiger partial charge in [-0.25, -0.2) is 4.98 Å². The molecular formula is C19H21N3O. The zero-order chi connectivity index (χ0) is 16.4. The summed E-state index contributed by atoms with van der Waals surface area (Å²) in [7, 11) is 0. The lowest BCUT2D eigenvalue weighted by Gasteiger charge is -2.15. The lowest BCUT2D eigenvalue weighted by molar-refractivity contribution is 0.102. The molecule has 1 amide bonds. The summed E-state index contributed by atoms with van der Waals surface area (Å²) in [5.74, 6) is 0.220. The van der Waals surface area contributed by atoms with E-state index in [1.54, 1.807) is 6.20 Å². The Hall–Kier alpha value is -2.62. The molecule has 4 heteroatoms. The summed E-state index contributed by atoms with van der Waals surface area (Å²) >= 11 is 0. The number of hydrogen-bond donors (Lipinski definition) is 1. The largest absolute Gasteiger partial charge is 0.320 e. The van der Waals surface area contributed by atoms with Crippen molar-refractivity contribution in [2.24, 2.45) is 0 Å². The van der Waals surface area contributed by atoms with E-state index >= 15 is 0 Å². The molecule has 0 bridgehead atoms. The minimum absolute atomic E-state index is 0.179. The van der Waals surface area contributed by atoms with Gasteiger partial charge in [0.2, 0.25) is 0 Å². The fourth-order valence-corrected chi connectivity index (χ4v) is 2.64. The van der Waals surface area contributed by atoms with Gasteiger partial charge in [-0.05, 0) is 48.6 Å². The highest BCUT2D eigenvalue weighted by molar-refractivity contribution is 6.03. The van der Waals surface area contributed by atoms with Crippen LogP contribution >= 0.6 is 0 Å². The van der Waals surface area contributed by atoms with Gasteiger partial charge in [-0.1, -0.05) is 32.0 Å². The van der Waals surface area contributed by atoms with Crippen molar-refractivity contribution in [1.29, 1.82) is 0 Å². The third kappa shape index (κ3) is 3.11. The average Bonchev–Trinajstić information content (AvgIpc) is 2.98. The maximum atomic E-state index is 12.5. The summed E-state index contributed by atoms with van der Waals surface area (Å²) in [6.07, 6.45) is 4.71. The lowest BCUT2D eigenvalue weighted by Crippen LogP contribution is -2.14. The molecular weight excluding hydrogens is 286 g/mol. The van der Waals surface area contributed by atoms with Crippen molar-refractivity contribution in [3.05, 3.63) is 65.6 Å². The summed E-state index contributed by atoms with van der Waals surface area (Å²) < 4.78 is 1.86. The lowest BCUT2D eigenvalue weighted by atomic mass is 9.97. The maximum absolute atomic E-state index is 12.5. The van der Waals surface area contributed by atoms with Crippen molar-refractivity contribution in [2.45, 2.75) is 33.1 Å². The van der Waals surface area contributed by atoms with Crippen molar-refractivity contribution in [3.8, 4) is 0 Å². The smallest absolute Gasteiger partial charge is 0.275 e. The van der Waals surface area contributed by atoms with Gasteiger partial charge < -0.3 is 9.72 Å². The Kier molecular flexibility index (Phi) is 4.15. The van der Waals surface area contributed by atoms with Crippen molar-refractivity contribution in [2.75, 3.05) is 5.32 Å². The highest BCUT2D eigenvalue weighted by Gasteiger charge is 2.14. The molecule has 1 aromatic carbocycles. The quantitative estimate of drug-likeness (QED) is 0.776. The molecule has 3 rings (SSSR count). The maximum Gasteiger partial charge on any atom is 0.275 e. The van der Waals surface area contributed by atoms with Gasteiger partial charge in [-0.3, -0.25) is 4.79 Å². The van der Waals surface area contributed by atoms with E-state index in [0.717, 1.165) is 28.9 Å². The van der Waals surface area contributed by atoms with Crippen LogP contribution in [0, 0.1) is 6.92 Å². The first kappa shape index (κ1) is 15.3. The van der Waals surface area contributed by atoms with Crippen LogP contribution in [0.4, 0.5) is 5.69 Å². The van der Waals surface area contributed by atoms with Crippen molar-refractivity contribution >= 4 is 17.2 Å². The summed E-state index contributed by atoms with van der Waals surface area (Å²) in [6.45, 7) is 6.32. The van der Waals surface area contributed by atoms with Crippen LogP contribution in [0.3, 0.4) is 0 Å². The average molecular weight is 307 g/mol. The molecule has 0 radical (unpaired) electrons. The number of carbonyl (C=O) groups excluding carboxylic acids is 1. The highest BCUT2D eigenvalue weighted by Crippen LogP contribution is 2.26. The van der Waals surface area contributed by atoms with Crippen LogP contribution in [0.25, 0.3) is 5.65 Å². The fraction of sp³-hybridized carbons (Fsp3) is 0.263. The van der Waals surface area contributed by atoms with Gasteiger partial charge in [0.05, 0.1) is 0 Å². The van der Waals surface area contributed by atoms with Gasteiger partial charge in [0.15, 0.2) is 0 Å². The number of nitrogens with one attached hydrogen (secondary N) is 1. The number of aromatic nitrogens is 2. The fourth-order valence-electron chi connectivity index (χ4n) is 2.64. The van der Waals surface area contributed by atoms with E-state index in [-0.39, 0.29) is 5.91 Å².